The molecule has 0 heterocycles. The average Bonchev–Trinajstić information content (AvgIpc) is 2.61. The topological polar surface area (TPSA) is 106 Å². The van der Waals surface area contributed by atoms with Gasteiger partial charge in [0.05, 0.1) is 23.4 Å². The zero-order valence-corrected chi connectivity index (χ0v) is 13.9. The summed E-state index contributed by atoms with van der Waals surface area (Å²) >= 11 is 5.02. The van der Waals surface area contributed by atoms with E-state index < -0.39 is 11.0 Å². The van der Waals surface area contributed by atoms with Crippen LogP contribution < -0.4 is 10.6 Å². The van der Waals surface area contributed by atoms with Gasteiger partial charge in [0.1, 0.15) is 0 Å². The van der Waals surface area contributed by atoms with Crippen molar-refractivity contribution in [3.05, 3.63) is 64.2 Å². The number of para-hydroxylation sites is 2. The Morgan fingerprint density at radius 1 is 1.24 bits per heavy atom. The largest absolute Gasteiger partial charge is 0.453 e. The van der Waals surface area contributed by atoms with Crippen molar-refractivity contribution in [1.29, 1.82) is 0 Å². The number of rotatable bonds is 4. The Kier molecular flexibility index (Phi) is 6.13. The average molecular weight is 358 g/mol. The number of amides is 1. The number of thiocarbonyl (C=S) groups is 1. The molecule has 0 aliphatic carbocycles. The molecule has 25 heavy (non-hydrogen) atoms. The molecule has 0 radical (unpaired) electrons. The monoisotopic (exact) mass is 358 g/mol. The summed E-state index contributed by atoms with van der Waals surface area (Å²) in [5.41, 5.74) is 1.88. The lowest BCUT2D eigenvalue weighted by atomic mass is 10.2. The molecule has 0 saturated carbocycles. The van der Waals surface area contributed by atoms with E-state index in [9.17, 15) is 14.9 Å². The Hall–Kier alpha value is -3.33. The van der Waals surface area contributed by atoms with Crippen molar-refractivity contribution in [3.63, 3.8) is 0 Å². The van der Waals surface area contributed by atoms with Gasteiger partial charge in [0.2, 0.25) is 0 Å². The Labute approximate surface area is 148 Å². The van der Waals surface area contributed by atoms with Crippen LogP contribution in [0.3, 0.4) is 0 Å². The lowest BCUT2D eigenvalue weighted by molar-refractivity contribution is -0.384. The van der Waals surface area contributed by atoms with Gasteiger partial charge in [-0.1, -0.05) is 12.1 Å². The lowest BCUT2D eigenvalue weighted by Crippen LogP contribution is -2.33. The molecule has 0 aromatic heterocycles. The van der Waals surface area contributed by atoms with E-state index in [1.54, 1.807) is 42.6 Å². The fourth-order valence-electron chi connectivity index (χ4n) is 1.82. The highest BCUT2D eigenvalue weighted by atomic mass is 32.1. The van der Waals surface area contributed by atoms with Crippen LogP contribution in [0.4, 0.5) is 21.9 Å². The van der Waals surface area contributed by atoms with E-state index in [0.29, 0.717) is 16.9 Å². The van der Waals surface area contributed by atoms with Crippen molar-refractivity contribution >= 4 is 46.7 Å². The number of alkyl carbamates (subject to hydrolysis) is 1. The van der Waals surface area contributed by atoms with E-state index in [1.807, 2.05) is 0 Å². The molecule has 0 spiro atoms. The second kappa shape index (κ2) is 8.50. The number of nitro benzene ring substituents is 1. The highest BCUT2D eigenvalue weighted by molar-refractivity contribution is 7.80. The van der Waals surface area contributed by atoms with Crippen LogP contribution in [0.15, 0.2) is 53.5 Å². The van der Waals surface area contributed by atoms with E-state index in [1.165, 1.54) is 19.2 Å². The highest BCUT2D eigenvalue weighted by Crippen LogP contribution is 2.24. The van der Waals surface area contributed by atoms with Crippen molar-refractivity contribution < 1.29 is 14.5 Å². The van der Waals surface area contributed by atoms with Gasteiger partial charge in [-0.25, -0.2) is 4.79 Å². The Morgan fingerprint density at radius 2 is 1.92 bits per heavy atom. The molecule has 0 aliphatic rings. The summed E-state index contributed by atoms with van der Waals surface area (Å²) in [6, 6.07) is 13.1. The number of nitro groups is 1. The number of benzene rings is 2. The molecule has 9 heteroatoms. The number of aliphatic imine (C=N–C) groups is 1. The number of nitrogens with zero attached hydrogens (tertiary/aromatic N) is 2. The molecule has 2 N–H and O–H groups in total. The zero-order valence-electron chi connectivity index (χ0n) is 13.1. The second-order valence-electron chi connectivity index (χ2n) is 4.69. The van der Waals surface area contributed by atoms with Crippen LogP contribution in [0.5, 0.6) is 0 Å². The molecular weight excluding hydrogens is 344 g/mol. The van der Waals surface area contributed by atoms with Crippen LogP contribution in [-0.4, -0.2) is 29.5 Å². The Bertz CT molecular complexity index is 821. The molecule has 128 valence electrons. The first-order chi connectivity index (χ1) is 12.0. The molecule has 1 amide bonds. The summed E-state index contributed by atoms with van der Waals surface area (Å²) in [7, 11) is 1.24. The third kappa shape index (κ3) is 5.36. The normalized spacial score (nSPS) is 10.3. The molecule has 2 rings (SSSR count). The van der Waals surface area contributed by atoms with Crippen LogP contribution in [0.25, 0.3) is 0 Å². The third-order valence-electron chi connectivity index (χ3n) is 3.01. The summed E-state index contributed by atoms with van der Waals surface area (Å²) in [4.78, 5) is 25.7. The number of methoxy groups -OCH3 is 1. The van der Waals surface area contributed by atoms with Crippen molar-refractivity contribution in [2.75, 3.05) is 12.4 Å². The molecule has 2 aromatic rings. The van der Waals surface area contributed by atoms with Crippen LogP contribution in [0.1, 0.15) is 5.56 Å². The van der Waals surface area contributed by atoms with E-state index in [2.05, 4.69) is 20.4 Å². The minimum absolute atomic E-state index is 0.0125. The van der Waals surface area contributed by atoms with Crippen molar-refractivity contribution in [2.24, 2.45) is 4.99 Å². The van der Waals surface area contributed by atoms with Gasteiger partial charge in [-0.3, -0.25) is 20.4 Å². The number of ether oxygens (including phenoxy) is 1. The predicted octanol–water partition coefficient (Wildman–Crippen LogP) is 3.40. The first-order valence-electron chi connectivity index (χ1n) is 7.03. The van der Waals surface area contributed by atoms with Crippen LogP contribution >= 0.6 is 12.2 Å². The third-order valence-corrected chi connectivity index (χ3v) is 3.21. The minimum atomic E-state index is -0.677. The summed E-state index contributed by atoms with van der Waals surface area (Å²) in [6.07, 6.45) is 0.894. The molecule has 8 nitrogen and oxygen atoms in total. The Balaban J connectivity index is 2.13. The van der Waals surface area contributed by atoms with E-state index in [-0.39, 0.29) is 10.8 Å². The molecule has 0 bridgehead atoms. The van der Waals surface area contributed by atoms with E-state index >= 15 is 0 Å². The number of anilines is 1. The quantitative estimate of drug-likeness (QED) is 0.375. The van der Waals surface area contributed by atoms with Crippen molar-refractivity contribution in [3.8, 4) is 0 Å². The summed E-state index contributed by atoms with van der Waals surface area (Å²) in [6.45, 7) is 0. The van der Waals surface area contributed by atoms with Crippen molar-refractivity contribution in [2.45, 2.75) is 0 Å². The van der Waals surface area contributed by atoms with Gasteiger partial charge in [-0.15, -0.1) is 0 Å². The number of carbonyl (C=O) groups excluding carboxylic acids is 1. The molecule has 0 fully saturated rings. The fraction of sp³-hybridized carbons (Fsp3) is 0.0625. The fourth-order valence-corrected chi connectivity index (χ4v) is 2.01. The zero-order chi connectivity index (χ0) is 18.2. The molecule has 0 atom stereocenters. The summed E-state index contributed by atoms with van der Waals surface area (Å²) in [5, 5.41) is 15.9. The van der Waals surface area contributed by atoms with E-state index in [4.69, 9.17) is 12.2 Å². The van der Waals surface area contributed by atoms with Gasteiger partial charge in [-0.05, 0) is 42.0 Å². The maximum absolute atomic E-state index is 11.1. The molecular formula is C16H14N4O4S. The lowest BCUT2D eigenvalue weighted by Gasteiger charge is -2.10. The van der Waals surface area contributed by atoms with Crippen LogP contribution in [-0.2, 0) is 4.74 Å². The maximum Gasteiger partial charge on any atom is 0.413 e. The molecule has 0 aliphatic heterocycles. The van der Waals surface area contributed by atoms with Gasteiger partial charge in [-0.2, -0.15) is 0 Å². The number of carbonyl (C=O) groups is 1. The Morgan fingerprint density at radius 3 is 2.56 bits per heavy atom. The summed E-state index contributed by atoms with van der Waals surface area (Å²) in [5.74, 6) is 0. The molecule has 0 saturated heterocycles. The number of hydrogen-bond acceptors (Lipinski definition) is 6. The first kappa shape index (κ1) is 18.0. The van der Waals surface area contributed by atoms with E-state index in [0.717, 1.165) is 0 Å². The van der Waals surface area contributed by atoms with Gasteiger partial charge < -0.3 is 10.1 Å². The van der Waals surface area contributed by atoms with Gasteiger partial charge in [0, 0.05) is 18.3 Å². The van der Waals surface area contributed by atoms with Gasteiger partial charge in [0.25, 0.3) is 5.69 Å². The van der Waals surface area contributed by atoms with Crippen LogP contribution in [0.2, 0.25) is 0 Å². The summed E-state index contributed by atoms with van der Waals surface area (Å²) < 4.78 is 4.47. The number of nitrogens with one attached hydrogen (secondary N) is 2. The number of non-ortho nitro benzene ring substituents is 1. The van der Waals surface area contributed by atoms with Crippen LogP contribution in [0, 0.1) is 10.1 Å². The SMILES string of the molecule is COC(=O)NC(=S)Nc1ccccc1/N=C/c1ccc([N+](=O)[O-])cc1. The molecule has 2 aromatic carbocycles. The maximum atomic E-state index is 11.1. The molecule has 0 unspecified atom stereocenters. The smallest absolute Gasteiger partial charge is 0.413 e. The van der Waals surface area contributed by atoms with Gasteiger partial charge >= 0.3 is 6.09 Å². The highest BCUT2D eigenvalue weighted by Gasteiger charge is 2.06. The van der Waals surface area contributed by atoms with Crippen molar-refractivity contribution in [1.82, 2.24) is 5.32 Å². The van der Waals surface area contributed by atoms with Gasteiger partial charge in [0.15, 0.2) is 5.11 Å². The standard InChI is InChI=1S/C16H14N4O4S/c1-24-16(21)19-15(25)18-14-5-3-2-4-13(14)17-10-11-6-8-12(9-7-11)20(22)23/h2-10H,1H3,(H2,18,19,21,25)/b17-10+. The first-order valence-corrected chi connectivity index (χ1v) is 7.44. The predicted molar refractivity (Wildman–Crippen MR) is 98.6 cm³/mol. The minimum Gasteiger partial charge on any atom is -0.453 e. The number of hydrogen-bond donors (Lipinski definition) is 2. The second-order valence-corrected chi connectivity index (χ2v) is 5.10.